The van der Waals surface area contributed by atoms with Gasteiger partial charge in [0.25, 0.3) is 5.69 Å². The number of methoxy groups -OCH3 is 4. The van der Waals surface area contributed by atoms with Crippen LogP contribution in [0.25, 0.3) is 44.3 Å². The fourth-order valence-electron chi connectivity index (χ4n) is 6.72. The van der Waals surface area contributed by atoms with Gasteiger partial charge in [-0.25, -0.2) is 29.9 Å². The molecule has 0 saturated heterocycles. The predicted octanol–water partition coefficient (Wildman–Crippen LogP) is 8.71. The van der Waals surface area contributed by atoms with Crippen LogP contribution in [0.1, 0.15) is 33.9 Å². The van der Waals surface area contributed by atoms with Crippen molar-refractivity contribution in [2.75, 3.05) is 34.2 Å². The van der Waals surface area contributed by atoms with E-state index in [-0.39, 0.29) is 17.0 Å². The number of nitro groups is 1. The third kappa shape index (κ3) is 9.02. The number of aryl methyl sites for hydroxylation is 2. The van der Waals surface area contributed by atoms with Gasteiger partial charge >= 0.3 is 0 Å². The number of nitrogen functional groups attached to an aromatic ring is 1. The van der Waals surface area contributed by atoms with E-state index >= 15 is 0 Å². The molecule has 4 heterocycles. The van der Waals surface area contributed by atoms with Crippen LogP contribution >= 0.6 is 0 Å². The van der Waals surface area contributed by atoms with Crippen LogP contribution in [-0.2, 0) is 12.8 Å². The molecule has 0 aliphatic carbocycles. The summed E-state index contributed by atoms with van der Waals surface area (Å²) in [4.78, 5) is 38.1. The highest BCUT2D eigenvalue weighted by atomic mass is 16.6. The monoisotopic (exact) mass is 802 g/mol. The molecule has 2 N–H and O–H groups in total. The average molecular weight is 803 g/mol. The van der Waals surface area contributed by atoms with Crippen LogP contribution in [0.4, 0.5) is 11.4 Å². The third-order valence-electron chi connectivity index (χ3n) is 10.0. The Kier molecular flexibility index (Phi) is 12.0. The molecule has 0 saturated carbocycles. The Balaban J connectivity index is 0.000000182. The van der Waals surface area contributed by atoms with Gasteiger partial charge in [0.15, 0.2) is 11.3 Å². The molecule has 14 nitrogen and oxygen atoms in total. The van der Waals surface area contributed by atoms with E-state index in [4.69, 9.17) is 24.7 Å². The number of hydrogen-bond donors (Lipinski definition) is 1. The van der Waals surface area contributed by atoms with Crippen molar-refractivity contribution in [2.24, 2.45) is 0 Å². The number of fused-ring (bicyclic) bond motifs is 2. The van der Waals surface area contributed by atoms with Crippen LogP contribution in [0.15, 0.2) is 110 Å². The lowest BCUT2D eigenvalue weighted by Crippen LogP contribution is -2.03. The molecule has 0 radical (unpaired) electrons. The van der Waals surface area contributed by atoms with E-state index in [1.54, 1.807) is 65.4 Å². The molecular weight excluding hydrogens is 761 g/mol. The van der Waals surface area contributed by atoms with Gasteiger partial charge in [0.1, 0.15) is 34.6 Å². The molecule has 60 heavy (non-hydrogen) atoms. The Hall–Kier alpha value is -7.74. The van der Waals surface area contributed by atoms with Crippen molar-refractivity contribution in [1.82, 2.24) is 29.9 Å². The molecule has 8 aromatic rings. The Morgan fingerprint density at radius 2 is 0.983 bits per heavy atom. The minimum absolute atomic E-state index is 0.0685. The highest BCUT2D eigenvalue weighted by Gasteiger charge is 2.18. The van der Waals surface area contributed by atoms with Crippen molar-refractivity contribution in [2.45, 2.75) is 26.7 Å². The second kappa shape index (κ2) is 17.8. The number of nitrogens with zero attached hydrogens (tertiary/aromatic N) is 7. The Bertz CT molecular complexity index is 2800. The Morgan fingerprint density at radius 3 is 1.42 bits per heavy atom. The summed E-state index contributed by atoms with van der Waals surface area (Å²) >= 11 is 0. The topological polar surface area (TPSA) is 183 Å². The van der Waals surface area contributed by atoms with Crippen LogP contribution in [-0.4, -0.2) is 63.3 Å². The number of ether oxygens (including phenoxy) is 4. The first-order valence-electron chi connectivity index (χ1n) is 18.8. The lowest BCUT2D eigenvalue weighted by Gasteiger charge is -2.10. The van der Waals surface area contributed by atoms with Crippen molar-refractivity contribution >= 4 is 33.4 Å². The molecule has 0 atom stereocenters. The number of rotatable bonds is 11. The Labute approximate surface area is 346 Å². The van der Waals surface area contributed by atoms with Gasteiger partial charge < -0.3 is 24.7 Å². The molecule has 302 valence electrons. The summed E-state index contributed by atoms with van der Waals surface area (Å²) in [5.41, 5.74) is 15.4. The fraction of sp³-hybridized carbons (Fsp3) is 0.174. The molecule has 0 aliphatic heterocycles. The van der Waals surface area contributed by atoms with Crippen LogP contribution in [0.3, 0.4) is 0 Å². The SMILES string of the molecule is COc1cc(OC)cc(-c2cnc3nc(Cc4c(C)cccc4N)ncc3c2)c1.COc1cc(OC)cc(-c2cnc3nc(Cc4c(C)cccc4[N+](=O)[O-])ncc3c2)c1. The number of aromatic nitrogens is 6. The second-order valence-corrected chi connectivity index (χ2v) is 13.9. The normalized spacial score (nSPS) is 10.8. The molecule has 0 unspecified atom stereocenters. The largest absolute Gasteiger partial charge is 0.497 e. The standard InChI is InChI=1S/C23H20N4O4.C23H22N4O2/c1-14-5-4-6-21(27(28)29)20(14)11-22-24-13-17-7-16(12-25-23(17)26-22)15-8-18(30-2)10-19(9-15)31-3;1-14-5-4-6-21(24)20(14)11-22-25-13-17-7-16(12-26-23(17)27-22)15-8-18(28-2)10-19(9-15)29-3/h4-10,12-13H,11H2,1-3H3;4-10,12-13H,11,24H2,1-3H3. The molecule has 4 aromatic heterocycles. The highest BCUT2D eigenvalue weighted by Crippen LogP contribution is 2.32. The summed E-state index contributed by atoms with van der Waals surface area (Å²) < 4.78 is 21.4. The minimum atomic E-state index is -0.379. The maximum absolute atomic E-state index is 11.4. The van der Waals surface area contributed by atoms with E-state index in [2.05, 4.69) is 29.9 Å². The zero-order chi connectivity index (χ0) is 42.3. The van der Waals surface area contributed by atoms with Gasteiger partial charge in [-0.2, -0.15) is 0 Å². The minimum Gasteiger partial charge on any atom is -0.497 e. The van der Waals surface area contributed by atoms with Crippen LogP contribution < -0.4 is 24.7 Å². The van der Waals surface area contributed by atoms with E-state index in [0.717, 1.165) is 66.9 Å². The first-order valence-corrected chi connectivity index (χ1v) is 18.8. The highest BCUT2D eigenvalue weighted by molar-refractivity contribution is 5.82. The smallest absolute Gasteiger partial charge is 0.273 e. The Morgan fingerprint density at radius 1 is 0.550 bits per heavy atom. The van der Waals surface area contributed by atoms with E-state index in [9.17, 15) is 10.1 Å². The zero-order valence-electron chi connectivity index (χ0n) is 34.0. The van der Waals surface area contributed by atoms with Crippen molar-refractivity contribution in [3.63, 3.8) is 0 Å². The lowest BCUT2D eigenvalue weighted by molar-refractivity contribution is -0.385. The van der Waals surface area contributed by atoms with Crippen molar-refractivity contribution in [3.05, 3.63) is 154 Å². The van der Waals surface area contributed by atoms with Crippen LogP contribution in [0, 0.1) is 24.0 Å². The third-order valence-corrected chi connectivity index (χ3v) is 10.0. The summed E-state index contributed by atoms with van der Waals surface area (Å²) in [6.07, 6.45) is 7.86. The van der Waals surface area contributed by atoms with Gasteiger partial charge in [-0.1, -0.05) is 24.3 Å². The number of nitrogens with two attached hydrogens (primary N) is 1. The van der Waals surface area contributed by atoms with Gasteiger partial charge in [0.2, 0.25) is 0 Å². The average Bonchev–Trinajstić information content (AvgIpc) is 3.27. The molecule has 14 heteroatoms. The lowest BCUT2D eigenvalue weighted by atomic mass is 10.0. The molecule has 0 bridgehead atoms. The van der Waals surface area contributed by atoms with Gasteiger partial charge in [0.05, 0.1) is 33.4 Å². The zero-order valence-corrected chi connectivity index (χ0v) is 34.0. The summed E-state index contributed by atoms with van der Waals surface area (Å²) in [6, 6.07) is 26.2. The predicted molar refractivity (Wildman–Crippen MR) is 231 cm³/mol. The van der Waals surface area contributed by atoms with Crippen LogP contribution in [0.5, 0.6) is 23.0 Å². The first-order chi connectivity index (χ1) is 29.0. The van der Waals surface area contributed by atoms with Crippen molar-refractivity contribution in [1.29, 1.82) is 0 Å². The van der Waals surface area contributed by atoms with E-state index in [1.165, 1.54) is 6.07 Å². The second-order valence-electron chi connectivity index (χ2n) is 13.9. The summed E-state index contributed by atoms with van der Waals surface area (Å²) in [5.74, 6) is 3.99. The van der Waals surface area contributed by atoms with Gasteiger partial charge in [-0.3, -0.25) is 10.1 Å². The van der Waals surface area contributed by atoms with E-state index in [0.29, 0.717) is 46.4 Å². The quantitative estimate of drug-likeness (QED) is 0.0745. The van der Waals surface area contributed by atoms with Crippen LogP contribution in [0.2, 0.25) is 0 Å². The summed E-state index contributed by atoms with van der Waals surface area (Å²) in [7, 11) is 6.47. The molecule has 0 aliphatic rings. The fourth-order valence-corrected chi connectivity index (χ4v) is 6.72. The maximum atomic E-state index is 11.4. The first kappa shape index (κ1) is 40.5. The molecule has 0 amide bonds. The number of anilines is 1. The van der Waals surface area contributed by atoms with E-state index in [1.807, 2.05) is 80.6 Å². The van der Waals surface area contributed by atoms with Crippen molar-refractivity contribution in [3.8, 4) is 45.3 Å². The summed E-state index contributed by atoms with van der Waals surface area (Å²) in [5, 5.41) is 13.0. The van der Waals surface area contributed by atoms with Gasteiger partial charge in [-0.15, -0.1) is 0 Å². The van der Waals surface area contributed by atoms with E-state index < -0.39 is 0 Å². The molecule has 0 spiro atoms. The maximum Gasteiger partial charge on any atom is 0.273 e. The number of pyridine rings is 2. The molecule has 4 aromatic carbocycles. The van der Waals surface area contributed by atoms with Crippen molar-refractivity contribution < 1.29 is 23.9 Å². The van der Waals surface area contributed by atoms with Gasteiger partial charge in [0, 0.05) is 89.0 Å². The number of nitro benzene ring substituents is 1. The number of hydrogen-bond acceptors (Lipinski definition) is 13. The molecule has 8 rings (SSSR count). The summed E-state index contributed by atoms with van der Waals surface area (Å²) in [6.45, 7) is 3.88. The number of benzene rings is 4. The molecular formula is C46H42N8O6. The molecule has 0 fully saturated rings. The van der Waals surface area contributed by atoms with Gasteiger partial charge in [-0.05, 0) is 84.1 Å².